The van der Waals surface area contributed by atoms with Gasteiger partial charge in [-0.25, -0.2) is 5.43 Å². The Kier molecular flexibility index (Phi) is 8.69. The van der Waals surface area contributed by atoms with Gasteiger partial charge in [0.2, 0.25) is 0 Å². The molecule has 33 heavy (non-hydrogen) atoms. The fourth-order valence-electron chi connectivity index (χ4n) is 2.76. The van der Waals surface area contributed by atoms with E-state index in [-0.39, 0.29) is 6.54 Å². The lowest BCUT2D eigenvalue weighted by Gasteiger charge is -2.11. The minimum Gasteiger partial charge on any atom is -0.493 e. The van der Waals surface area contributed by atoms with Gasteiger partial charge in [0, 0.05) is 16.6 Å². The van der Waals surface area contributed by atoms with Crippen molar-refractivity contribution in [3.63, 3.8) is 0 Å². The average Bonchev–Trinajstić information content (AvgIpc) is 2.82. The van der Waals surface area contributed by atoms with Gasteiger partial charge in [0.25, 0.3) is 0 Å². The average molecular weight is 486 g/mol. The first-order valence-electron chi connectivity index (χ1n) is 9.86. The van der Waals surface area contributed by atoms with E-state index in [1.54, 1.807) is 36.4 Å². The molecule has 0 aliphatic carbocycles. The van der Waals surface area contributed by atoms with E-state index < -0.39 is 11.8 Å². The van der Waals surface area contributed by atoms with Crippen molar-refractivity contribution in [1.82, 2.24) is 10.7 Å². The molecule has 0 saturated heterocycles. The van der Waals surface area contributed by atoms with Crippen molar-refractivity contribution in [3.05, 3.63) is 93.5 Å². The summed E-state index contributed by atoms with van der Waals surface area (Å²) in [5.74, 6) is -0.673. The van der Waals surface area contributed by atoms with Gasteiger partial charge in [-0.2, -0.15) is 5.10 Å². The first kappa shape index (κ1) is 24.1. The van der Waals surface area contributed by atoms with Crippen molar-refractivity contribution in [2.45, 2.75) is 13.2 Å². The molecule has 2 N–H and O–H groups in total. The molecule has 0 aromatic heterocycles. The summed E-state index contributed by atoms with van der Waals surface area (Å²) in [6.45, 7) is 0.477. The van der Waals surface area contributed by atoms with Gasteiger partial charge in [0.1, 0.15) is 6.61 Å². The summed E-state index contributed by atoms with van der Waals surface area (Å²) in [6, 6.07) is 19.8. The van der Waals surface area contributed by atoms with Gasteiger partial charge in [-0.05, 0) is 47.0 Å². The molecule has 3 aromatic carbocycles. The Hall–Kier alpha value is -3.55. The second kappa shape index (κ2) is 11.9. The van der Waals surface area contributed by atoms with Gasteiger partial charge in [-0.3, -0.25) is 9.59 Å². The van der Waals surface area contributed by atoms with Crippen LogP contribution in [0.2, 0.25) is 10.0 Å². The molecule has 0 aliphatic heterocycles. The number of amides is 2. The Morgan fingerprint density at radius 1 is 0.970 bits per heavy atom. The van der Waals surface area contributed by atoms with Crippen LogP contribution in [-0.4, -0.2) is 25.1 Å². The molecule has 0 unspecified atom stereocenters. The lowest BCUT2D eigenvalue weighted by Crippen LogP contribution is -2.37. The molecule has 0 aliphatic rings. The molecule has 7 nitrogen and oxygen atoms in total. The second-order valence-electron chi connectivity index (χ2n) is 6.80. The summed E-state index contributed by atoms with van der Waals surface area (Å²) in [4.78, 5) is 23.9. The van der Waals surface area contributed by atoms with Crippen LogP contribution in [0.15, 0.2) is 71.8 Å². The number of methoxy groups -OCH3 is 1. The van der Waals surface area contributed by atoms with Crippen LogP contribution in [0, 0.1) is 0 Å². The molecule has 0 bridgehead atoms. The van der Waals surface area contributed by atoms with Crippen LogP contribution in [0.5, 0.6) is 11.5 Å². The Morgan fingerprint density at radius 3 is 2.48 bits per heavy atom. The first-order chi connectivity index (χ1) is 16.0. The van der Waals surface area contributed by atoms with E-state index in [0.717, 1.165) is 5.56 Å². The predicted octanol–water partition coefficient (Wildman–Crippen LogP) is 4.35. The molecule has 170 valence electrons. The molecular weight excluding hydrogens is 465 g/mol. The van der Waals surface area contributed by atoms with Crippen molar-refractivity contribution in [1.29, 1.82) is 0 Å². The summed E-state index contributed by atoms with van der Waals surface area (Å²) in [5, 5.41) is 7.17. The van der Waals surface area contributed by atoms with Crippen molar-refractivity contribution in [2.24, 2.45) is 5.10 Å². The molecule has 0 fully saturated rings. The number of benzene rings is 3. The summed E-state index contributed by atoms with van der Waals surface area (Å²) in [6.07, 6.45) is 1.39. The maximum absolute atomic E-state index is 12.0. The maximum atomic E-state index is 12.0. The Balaban J connectivity index is 1.52. The van der Waals surface area contributed by atoms with Gasteiger partial charge in [-0.15, -0.1) is 0 Å². The number of nitrogens with one attached hydrogen (secondary N) is 2. The van der Waals surface area contributed by atoms with E-state index in [1.165, 1.54) is 13.3 Å². The molecule has 0 atom stereocenters. The van der Waals surface area contributed by atoms with Gasteiger partial charge in [-0.1, -0.05) is 59.6 Å². The molecule has 3 aromatic rings. The van der Waals surface area contributed by atoms with Crippen LogP contribution in [0.1, 0.15) is 16.7 Å². The Labute approximate surface area is 201 Å². The quantitative estimate of drug-likeness (QED) is 0.282. The largest absolute Gasteiger partial charge is 0.493 e. The summed E-state index contributed by atoms with van der Waals surface area (Å²) in [5.41, 5.74) is 4.49. The molecule has 0 heterocycles. The van der Waals surface area contributed by atoms with Crippen LogP contribution < -0.4 is 20.2 Å². The third kappa shape index (κ3) is 7.24. The maximum Gasteiger partial charge on any atom is 0.329 e. The lowest BCUT2D eigenvalue weighted by atomic mass is 10.2. The van der Waals surface area contributed by atoms with E-state index >= 15 is 0 Å². The van der Waals surface area contributed by atoms with Crippen molar-refractivity contribution < 1.29 is 19.1 Å². The van der Waals surface area contributed by atoms with Gasteiger partial charge in [0.05, 0.1) is 13.3 Å². The molecular formula is C24H21Cl2N3O4. The van der Waals surface area contributed by atoms with Crippen LogP contribution in [0.4, 0.5) is 0 Å². The third-order valence-corrected chi connectivity index (χ3v) is 5.05. The van der Waals surface area contributed by atoms with E-state index in [1.807, 2.05) is 30.3 Å². The van der Waals surface area contributed by atoms with Gasteiger partial charge < -0.3 is 14.8 Å². The van der Waals surface area contributed by atoms with Crippen LogP contribution >= 0.6 is 23.2 Å². The van der Waals surface area contributed by atoms with Crippen LogP contribution in [0.3, 0.4) is 0 Å². The second-order valence-corrected chi connectivity index (χ2v) is 7.65. The number of ether oxygens (including phenoxy) is 2. The number of carbonyl (C=O) groups is 2. The predicted molar refractivity (Wildman–Crippen MR) is 128 cm³/mol. The van der Waals surface area contributed by atoms with Gasteiger partial charge in [0.15, 0.2) is 11.5 Å². The topological polar surface area (TPSA) is 89.0 Å². The van der Waals surface area contributed by atoms with Crippen LogP contribution in [0.25, 0.3) is 0 Å². The van der Waals surface area contributed by atoms with Crippen molar-refractivity contribution >= 4 is 41.2 Å². The number of rotatable bonds is 8. The summed E-state index contributed by atoms with van der Waals surface area (Å²) in [7, 11) is 1.53. The third-order valence-electron chi connectivity index (χ3n) is 4.47. The Morgan fingerprint density at radius 2 is 1.76 bits per heavy atom. The minimum absolute atomic E-state index is 0.0770. The molecule has 0 saturated carbocycles. The number of hydrazone groups is 1. The summed E-state index contributed by atoms with van der Waals surface area (Å²) >= 11 is 11.9. The number of nitrogens with zero attached hydrogens (tertiary/aromatic N) is 1. The fraction of sp³-hybridized carbons (Fsp3) is 0.125. The molecule has 0 spiro atoms. The number of halogens is 2. The van der Waals surface area contributed by atoms with Crippen molar-refractivity contribution in [3.8, 4) is 11.5 Å². The highest BCUT2D eigenvalue weighted by Gasteiger charge is 2.13. The number of carbonyl (C=O) groups excluding carboxylic acids is 2. The van der Waals surface area contributed by atoms with E-state index in [2.05, 4.69) is 15.8 Å². The lowest BCUT2D eigenvalue weighted by molar-refractivity contribution is -0.139. The highest BCUT2D eigenvalue weighted by molar-refractivity contribution is 6.36. The number of hydrogen-bond donors (Lipinski definition) is 2. The number of hydrogen-bond acceptors (Lipinski definition) is 5. The highest BCUT2D eigenvalue weighted by atomic mass is 35.5. The van der Waals surface area contributed by atoms with Gasteiger partial charge >= 0.3 is 11.8 Å². The van der Waals surface area contributed by atoms with Crippen LogP contribution in [-0.2, 0) is 22.7 Å². The zero-order valence-corrected chi connectivity index (χ0v) is 19.2. The fourth-order valence-corrected chi connectivity index (χ4v) is 3.23. The summed E-state index contributed by atoms with van der Waals surface area (Å²) < 4.78 is 11.2. The first-order valence-corrected chi connectivity index (χ1v) is 10.6. The van der Waals surface area contributed by atoms with E-state index in [0.29, 0.717) is 39.3 Å². The minimum atomic E-state index is -0.911. The Bertz CT molecular complexity index is 1150. The molecule has 0 radical (unpaired) electrons. The standard InChI is InChI=1S/C24H21Cl2N3O4/c1-32-22-11-17(7-10-21(22)33-15-16-5-3-2-4-6-16)13-28-29-24(31)23(30)27-14-18-8-9-19(25)12-20(18)26/h2-13H,14-15H2,1H3,(H,27,30)(H,29,31). The molecule has 9 heteroatoms. The van der Waals surface area contributed by atoms with E-state index in [9.17, 15) is 9.59 Å². The monoisotopic (exact) mass is 485 g/mol. The smallest absolute Gasteiger partial charge is 0.329 e. The zero-order chi connectivity index (χ0) is 23.6. The molecule has 3 rings (SSSR count). The molecule has 2 amide bonds. The van der Waals surface area contributed by atoms with Crippen molar-refractivity contribution in [2.75, 3.05) is 7.11 Å². The zero-order valence-electron chi connectivity index (χ0n) is 17.7. The van der Waals surface area contributed by atoms with E-state index in [4.69, 9.17) is 32.7 Å². The highest BCUT2D eigenvalue weighted by Crippen LogP contribution is 2.28. The normalized spacial score (nSPS) is 10.6. The SMILES string of the molecule is COc1cc(C=NNC(=O)C(=O)NCc2ccc(Cl)cc2Cl)ccc1OCc1ccccc1.